The molecular formula is C23H30N2O5. The molecule has 7 nitrogen and oxygen atoms in total. The lowest BCUT2D eigenvalue weighted by Crippen LogP contribution is -2.13. The molecule has 2 rings (SSSR count). The van der Waals surface area contributed by atoms with E-state index in [0.29, 0.717) is 48.9 Å². The van der Waals surface area contributed by atoms with Gasteiger partial charge in [0.2, 0.25) is 0 Å². The monoisotopic (exact) mass is 414 g/mol. The summed E-state index contributed by atoms with van der Waals surface area (Å²) in [6.07, 6.45) is 2.25. The second-order valence-electron chi connectivity index (χ2n) is 7.19. The van der Waals surface area contributed by atoms with E-state index >= 15 is 0 Å². The van der Waals surface area contributed by atoms with Gasteiger partial charge in [-0.05, 0) is 73.7 Å². The quantitative estimate of drug-likeness (QED) is 0.309. The summed E-state index contributed by atoms with van der Waals surface area (Å²) in [7, 11) is 0. The van der Waals surface area contributed by atoms with E-state index in [-0.39, 0.29) is 17.9 Å². The number of nitrogens with two attached hydrogens (primary N) is 2. The summed E-state index contributed by atoms with van der Waals surface area (Å²) in [5.41, 5.74) is 13.4. The number of hydrogen-bond acceptors (Lipinski definition) is 7. The molecule has 0 aliphatic rings. The molecule has 162 valence electrons. The molecule has 0 spiro atoms. The van der Waals surface area contributed by atoms with Crippen LogP contribution < -0.4 is 11.5 Å². The lowest BCUT2D eigenvalue weighted by Gasteiger charge is -2.12. The SMILES string of the molecule is CC(CCOC(=O)c1ccc(N)cc1)COCCCCOC(=O)c1ccc(N)cc1. The van der Waals surface area contributed by atoms with E-state index in [1.807, 2.05) is 6.92 Å². The van der Waals surface area contributed by atoms with Crippen LogP contribution in [0.3, 0.4) is 0 Å². The average Bonchev–Trinajstić information content (AvgIpc) is 2.73. The van der Waals surface area contributed by atoms with Crippen LogP contribution in [0.1, 0.15) is 46.9 Å². The molecule has 0 amide bonds. The van der Waals surface area contributed by atoms with Crippen molar-refractivity contribution in [2.45, 2.75) is 26.2 Å². The van der Waals surface area contributed by atoms with Crippen molar-refractivity contribution in [3.8, 4) is 0 Å². The molecule has 2 aromatic carbocycles. The fourth-order valence-corrected chi connectivity index (χ4v) is 2.60. The van der Waals surface area contributed by atoms with E-state index in [4.69, 9.17) is 25.7 Å². The largest absolute Gasteiger partial charge is 0.462 e. The number of hydrogen-bond donors (Lipinski definition) is 2. The Balaban J connectivity index is 1.47. The predicted octanol–water partition coefficient (Wildman–Crippen LogP) is 3.69. The van der Waals surface area contributed by atoms with Gasteiger partial charge in [0.1, 0.15) is 0 Å². The lowest BCUT2D eigenvalue weighted by molar-refractivity contribution is 0.0426. The molecule has 0 fully saturated rings. The maximum absolute atomic E-state index is 11.9. The molecule has 30 heavy (non-hydrogen) atoms. The smallest absolute Gasteiger partial charge is 0.338 e. The molecule has 0 saturated heterocycles. The zero-order chi connectivity index (χ0) is 21.8. The second-order valence-corrected chi connectivity index (χ2v) is 7.19. The number of carbonyl (C=O) groups excluding carboxylic acids is 2. The van der Waals surface area contributed by atoms with Crippen LogP contribution in [0.25, 0.3) is 0 Å². The van der Waals surface area contributed by atoms with Crippen LogP contribution in [0, 0.1) is 5.92 Å². The standard InChI is InChI=1S/C23H30N2O5/c1-17(12-15-30-23(27)19-6-10-21(25)11-7-19)16-28-13-2-3-14-29-22(26)18-4-8-20(24)9-5-18/h4-11,17H,2-3,12-16,24-25H2,1H3. The van der Waals surface area contributed by atoms with Gasteiger partial charge in [0.25, 0.3) is 0 Å². The minimum atomic E-state index is -0.350. The van der Waals surface area contributed by atoms with Gasteiger partial charge in [-0.25, -0.2) is 9.59 Å². The molecular weight excluding hydrogens is 384 g/mol. The van der Waals surface area contributed by atoms with Gasteiger partial charge in [0.05, 0.1) is 24.3 Å². The van der Waals surface area contributed by atoms with E-state index in [1.54, 1.807) is 48.5 Å². The fourth-order valence-electron chi connectivity index (χ4n) is 2.60. The van der Waals surface area contributed by atoms with Crippen LogP contribution in [0.15, 0.2) is 48.5 Å². The van der Waals surface area contributed by atoms with Crippen molar-refractivity contribution in [3.63, 3.8) is 0 Å². The third-order valence-corrected chi connectivity index (χ3v) is 4.46. The summed E-state index contributed by atoms with van der Waals surface area (Å²) in [4.78, 5) is 23.8. The fraction of sp³-hybridized carbons (Fsp3) is 0.391. The summed E-state index contributed by atoms with van der Waals surface area (Å²) < 4.78 is 16.1. The molecule has 0 radical (unpaired) electrons. The third-order valence-electron chi connectivity index (χ3n) is 4.46. The lowest BCUT2D eigenvalue weighted by atomic mass is 10.1. The Labute approximate surface area is 177 Å². The Morgan fingerprint density at radius 1 is 0.767 bits per heavy atom. The zero-order valence-corrected chi connectivity index (χ0v) is 17.3. The van der Waals surface area contributed by atoms with Gasteiger partial charge in [0.15, 0.2) is 0 Å². The molecule has 0 aliphatic heterocycles. The molecule has 7 heteroatoms. The first-order valence-corrected chi connectivity index (χ1v) is 10.1. The summed E-state index contributed by atoms with van der Waals surface area (Å²) in [6.45, 7) is 3.92. The number of anilines is 2. The maximum atomic E-state index is 11.9. The highest BCUT2D eigenvalue weighted by Gasteiger charge is 2.09. The Morgan fingerprint density at radius 3 is 1.77 bits per heavy atom. The summed E-state index contributed by atoms with van der Waals surface area (Å²) in [5.74, 6) is -0.428. The minimum Gasteiger partial charge on any atom is -0.462 e. The summed E-state index contributed by atoms with van der Waals surface area (Å²) >= 11 is 0. The Hall–Kier alpha value is -3.06. The normalized spacial score (nSPS) is 11.6. The number of nitrogen functional groups attached to an aromatic ring is 2. The van der Waals surface area contributed by atoms with Crippen LogP contribution in [0.5, 0.6) is 0 Å². The van der Waals surface area contributed by atoms with Gasteiger partial charge in [-0.15, -0.1) is 0 Å². The van der Waals surface area contributed by atoms with Crippen molar-refractivity contribution in [3.05, 3.63) is 59.7 Å². The number of rotatable bonds is 12. The molecule has 2 aromatic rings. The van der Waals surface area contributed by atoms with E-state index in [9.17, 15) is 9.59 Å². The summed E-state index contributed by atoms with van der Waals surface area (Å²) in [6, 6.07) is 13.3. The predicted molar refractivity (Wildman–Crippen MR) is 116 cm³/mol. The minimum absolute atomic E-state index is 0.271. The molecule has 0 heterocycles. The number of benzene rings is 2. The topological polar surface area (TPSA) is 114 Å². The van der Waals surface area contributed by atoms with Gasteiger partial charge in [0, 0.05) is 24.6 Å². The molecule has 0 bridgehead atoms. The van der Waals surface area contributed by atoms with Gasteiger partial charge in [-0.1, -0.05) is 6.92 Å². The highest BCUT2D eigenvalue weighted by atomic mass is 16.5. The molecule has 0 aromatic heterocycles. The maximum Gasteiger partial charge on any atom is 0.338 e. The molecule has 1 unspecified atom stereocenters. The first-order chi connectivity index (χ1) is 14.5. The third kappa shape index (κ3) is 8.53. The van der Waals surface area contributed by atoms with Gasteiger partial charge < -0.3 is 25.7 Å². The van der Waals surface area contributed by atoms with Crippen molar-refractivity contribution in [1.29, 1.82) is 0 Å². The summed E-state index contributed by atoms with van der Waals surface area (Å²) in [5, 5.41) is 0. The van der Waals surface area contributed by atoms with Gasteiger partial charge in [-0.2, -0.15) is 0 Å². The van der Waals surface area contributed by atoms with E-state index in [0.717, 1.165) is 19.3 Å². The van der Waals surface area contributed by atoms with Crippen LogP contribution in [0.2, 0.25) is 0 Å². The Kier molecular flexibility index (Phi) is 9.67. The Morgan fingerprint density at radius 2 is 1.23 bits per heavy atom. The van der Waals surface area contributed by atoms with Gasteiger partial charge in [-0.3, -0.25) is 0 Å². The van der Waals surface area contributed by atoms with Crippen molar-refractivity contribution >= 4 is 23.3 Å². The van der Waals surface area contributed by atoms with Crippen LogP contribution in [-0.2, 0) is 14.2 Å². The first-order valence-electron chi connectivity index (χ1n) is 10.1. The number of esters is 2. The van der Waals surface area contributed by atoms with E-state index in [1.165, 1.54) is 0 Å². The van der Waals surface area contributed by atoms with Crippen LogP contribution in [-0.4, -0.2) is 38.4 Å². The second kappa shape index (κ2) is 12.5. The number of unbranched alkanes of at least 4 members (excludes halogenated alkanes) is 1. The van der Waals surface area contributed by atoms with E-state index < -0.39 is 0 Å². The zero-order valence-electron chi connectivity index (χ0n) is 17.3. The van der Waals surface area contributed by atoms with Crippen molar-refractivity contribution in [1.82, 2.24) is 0 Å². The molecule has 0 saturated carbocycles. The Bertz CT molecular complexity index is 790. The molecule has 1 atom stereocenters. The molecule has 4 N–H and O–H groups in total. The highest BCUT2D eigenvalue weighted by Crippen LogP contribution is 2.10. The van der Waals surface area contributed by atoms with E-state index in [2.05, 4.69) is 0 Å². The highest BCUT2D eigenvalue weighted by molar-refractivity contribution is 5.90. The number of ether oxygens (including phenoxy) is 3. The first kappa shape index (κ1) is 23.2. The van der Waals surface area contributed by atoms with Crippen molar-refractivity contribution in [2.24, 2.45) is 5.92 Å². The van der Waals surface area contributed by atoms with Crippen LogP contribution in [0.4, 0.5) is 11.4 Å². The van der Waals surface area contributed by atoms with Gasteiger partial charge >= 0.3 is 11.9 Å². The van der Waals surface area contributed by atoms with Crippen molar-refractivity contribution in [2.75, 3.05) is 37.9 Å². The average molecular weight is 415 g/mol. The van der Waals surface area contributed by atoms with Crippen LogP contribution >= 0.6 is 0 Å². The van der Waals surface area contributed by atoms with Crippen molar-refractivity contribution < 1.29 is 23.8 Å². The molecule has 0 aliphatic carbocycles. The number of carbonyl (C=O) groups is 2.